The fourth-order valence-corrected chi connectivity index (χ4v) is 2.38. The van der Waals surface area contributed by atoms with E-state index in [2.05, 4.69) is 5.32 Å². The molecule has 1 heterocycles. The van der Waals surface area contributed by atoms with Gasteiger partial charge in [0.2, 0.25) is 5.91 Å². The van der Waals surface area contributed by atoms with Crippen LogP contribution in [0, 0.1) is 12.7 Å². The van der Waals surface area contributed by atoms with Crippen LogP contribution >= 0.6 is 11.3 Å². The summed E-state index contributed by atoms with van der Waals surface area (Å²) in [6.07, 6.45) is 1.17. The van der Waals surface area contributed by atoms with Crippen molar-refractivity contribution >= 4 is 22.9 Å². The number of amides is 1. The van der Waals surface area contributed by atoms with Crippen molar-refractivity contribution in [1.29, 1.82) is 0 Å². The summed E-state index contributed by atoms with van der Waals surface area (Å²) < 4.78 is 12.9. The van der Waals surface area contributed by atoms with Gasteiger partial charge in [-0.05, 0) is 59.5 Å². The van der Waals surface area contributed by atoms with Gasteiger partial charge in [0.1, 0.15) is 5.82 Å². The minimum absolute atomic E-state index is 0.0455. The third kappa shape index (κ3) is 3.40. The van der Waals surface area contributed by atoms with Crippen molar-refractivity contribution < 1.29 is 9.18 Å². The molecule has 94 valence electrons. The van der Waals surface area contributed by atoms with E-state index in [-0.39, 0.29) is 11.7 Å². The lowest BCUT2D eigenvalue weighted by Crippen LogP contribution is -2.13. The quantitative estimate of drug-likeness (QED) is 0.894. The minimum atomic E-state index is -0.288. The highest BCUT2D eigenvalue weighted by Crippen LogP contribution is 2.16. The van der Waals surface area contributed by atoms with Crippen LogP contribution in [0.1, 0.15) is 17.5 Å². The molecule has 0 bridgehead atoms. The molecular formula is C14H14FNOS. The van der Waals surface area contributed by atoms with Crippen LogP contribution in [0.2, 0.25) is 0 Å². The van der Waals surface area contributed by atoms with E-state index in [1.807, 2.05) is 16.8 Å². The fraction of sp³-hybridized carbons (Fsp3) is 0.214. The highest BCUT2D eigenvalue weighted by atomic mass is 32.1. The SMILES string of the molecule is Cc1cc(F)ccc1NC(=O)CCc1ccsc1. The normalized spacial score (nSPS) is 10.3. The number of carbonyl (C=O) groups is 1. The molecule has 0 atom stereocenters. The molecule has 0 aliphatic rings. The zero-order valence-electron chi connectivity index (χ0n) is 10.1. The first-order valence-electron chi connectivity index (χ1n) is 5.72. The fourth-order valence-electron chi connectivity index (χ4n) is 1.67. The van der Waals surface area contributed by atoms with Crippen LogP contribution in [0.4, 0.5) is 10.1 Å². The van der Waals surface area contributed by atoms with Crippen LogP contribution < -0.4 is 5.32 Å². The van der Waals surface area contributed by atoms with Gasteiger partial charge in [-0.1, -0.05) is 0 Å². The summed E-state index contributed by atoms with van der Waals surface area (Å²) in [7, 11) is 0. The molecule has 2 nitrogen and oxygen atoms in total. The number of hydrogen-bond donors (Lipinski definition) is 1. The molecule has 0 saturated heterocycles. The topological polar surface area (TPSA) is 29.1 Å². The number of rotatable bonds is 4. The molecule has 0 radical (unpaired) electrons. The van der Waals surface area contributed by atoms with Crippen molar-refractivity contribution in [3.05, 3.63) is 52.0 Å². The molecule has 0 unspecified atom stereocenters. The average Bonchev–Trinajstić information content (AvgIpc) is 2.83. The minimum Gasteiger partial charge on any atom is -0.326 e. The predicted molar refractivity (Wildman–Crippen MR) is 72.4 cm³/mol. The van der Waals surface area contributed by atoms with Crippen molar-refractivity contribution in [1.82, 2.24) is 0 Å². The van der Waals surface area contributed by atoms with Gasteiger partial charge in [0.15, 0.2) is 0 Å². The molecular weight excluding hydrogens is 249 g/mol. The van der Waals surface area contributed by atoms with E-state index >= 15 is 0 Å². The number of nitrogens with one attached hydrogen (secondary N) is 1. The van der Waals surface area contributed by atoms with E-state index in [0.717, 1.165) is 12.0 Å². The number of halogens is 1. The highest BCUT2D eigenvalue weighted by Gasteiger charge is 2.06. The van der Waals surface area contributed by atoms with Gasteiger partial charge in [0.05, 0.1) is 0 Å². The van der Waals surface area contributed by atoms with Gasteiger partial charge in [0.25, 0.3) is 0 Å². The maximum atomic E-state index is 12.9. The van der Waals surface area contributed by atoms with Crippen molar-refractivity contribution in [2.45, 2.75) is 19.8 Å². The lowest BCUT2D eigenvalue weighted by Gasteiger charge is -2.08. The van der Waals surface area contributed by atoms with Crippen molar-refractivity contribution in [3.63, 3.8) is 0 Å². The zero-order valence-corrected chi connectivity index (χ0v) is 10.9. The van der Waals surface area contributed by atoms with Gasteiger partial charge in [-0.2, -0.15) is 11.3 Å². The second-order valence-corrected chi connectivity index (χ2v) is 4.92. The second-order valence-electron chi connectivity index (χ2n) is 4.14. The number of anilines is 1. The van der Waals surface area contributed by atoms with Crippen LogP contribution in [0.5, 0.6) is 0 Å². The Balaban J connectivity index is 1.91. The van der Waals surface area contributed by atoms with Crippen LogP contribution in [0.25, 0.3) is 0 Å². The Morgan fingerprint density at radius 2 is 2.22 bits per heavy atom. The molecule has 0 spiro atoms. The number of thiophene rings is 1. The Kier molecular flexibility index (Phi) is 4.10. The first-order valence-corrected chi connectivity index (χ1v) is 6.66. The molecule has 0 aliphatic heterocycles. The molecule has 1 aromatic heterocycles. The maximum Gasteiger partial charge on any atom is 0.224 e. The van der Waals surface area contributed by atoms with Crippen molar-refractivity contribution in [3.8, 4) is 0 Å². The Labute approximate surface area is 109 Å². The van der Waals surface area contributed by atoms with Crippen LogP contribution in [-0.2, 0) is 11.2 Å². The van der Waals surface area contributed by atoms with E-state index in [4.69, 9.17) is 0 Å². The van der Waals surface area contributed by atoms with Crippen molar-refractivity contribution in [2.75, 3.05) is 5.32 Å². The summed E-state index contributed by atoms with van der Waals surface area (Å²) in [5.41, 5.74) is 2.58. The maximum absolute atomic E-state index is 12.9. The van der Waals surface area contributed by atoms with Gasteiger partial charge in [-0.25, -0.2) is 4.39 Å². The van der Waals surface area contributed by atoms with E-state index < -0.39 is 0 Å². The first-order chi connectivity index (χ1) is 8.65. The zero-order chi connectivity index (χ0) is 13.0. The largest absolute Gasteiger partial charge is 0.326 e. The average molecular weight is 263 g/mol. The summed E-state index contributed by atoms with van der Waals surface area (Å²) in [4.78, 5) is 11.7. The smallest absolute Gasteiger partial charge is 0.224 e. The Morgan fingerprint density at radius 1 is 1.39 bits per heavy atom. The van der Waals surface area contributed by atoms with Gasteiger partial charge >= 0.3 is 0 Å². The van der Waals surface area contributed by atoms with E-state index in [1.54, 1.807) is 24.3 Å². The molecule has 2 rings (SSSR count). The predicted octanol–water partition coefficient (Wildman–Crippen LogP) is 3.77. The monoisotopic (exact) mass is 263 g/mol. The summed E-state index contributed by atoms with van der Waals surface area (Å²) in [5, 5.41) is 6.83. The van der Waals surface area contributed by atoms with E-state index in [9.17, 15) is 9.18 Å². The summed E-state index contributed by atoms with van der Waals surface area (Å²) in [6, 6.07) is 6.37. The third-order valence-electron chi connectivity index (χ3n) is 2.68. The molecule has 0 aliphatic carbocycles. The number of benzene rings is 1. The molecule has 1 amide bonds. The molecule has 1 N–H and O–H groups in total. The van der Waals surface area contributed by atoms with Crippen LogP contribution in [-0.4, -0.2) is 5.91 Å². The Bertz CT molecular complexity index is 537. The van der Waals surface area contributed by atoms with E-state index in [0.29, 0.717) is 12.1 Å². The summed E-state index contributed by atoms with van der Waals surface area (Å²) >= 11 is 1.63. The standard InChI is InChI=1S/C14H14FNOS/c1-10-8-12(15)3-4-13(10)16-14(17)5-2-11-6-7-18-9-11/h3-4,6-9H,2,5H2,1H3,(H,16,17). The van der Waals surface area contributed by atoms with Crippen LogP contribution in [0.3, 0.4) is 0 Å². The molecule has 18 heavy (non-hydrogen) atoms. The lowest BCUT2D eigenvalue weighted by molar-refractivity contribution is -0.116. The molecule has 4 heteroatoms. The van der Waals surface area contributed by atoms with Gasteiger partial charge in [0, 0.05) is 12.1 Å². The Hall–Kier alpha value is -1.68. The highest BCUT2D eigenvalue weighted by molar-refractivity contribution is 7.07. The Morgan fingerprint density at radius 3 is 2.89 bits per heavy atom. The molecule has 2 aromatic rings. The third-order valence-corrected chi connectivity index (χ3v) is 3.42. The van der Waals surface area contributed by atoms with E-state index in [1.165, 1.54) is 17.7 Å². The van der Waals surface area contributed by atoms with Gasteiger partial charge < -0.3 is 5.32 Å². The lowest BCUT2D eigenvalue weighted by atomic mass is 10.1. The number of carbonyl (C=O) groups excluding carboxylic acids is 1. The molecule has 0 saturated carbocycles. The number of aryl methyl sites for hydroxylation is 2. The molecule has 1 aromatic carbocycles. The number of hydrogen-bond acceptors (Lipinski definition) is 2. The first kappa shape index (κ1) is 12.8. The van der Waals surface area contributed by atoms with Gasteiger partial charge in [-0.3, -0.25) is 4.79 Å². The van der Waals surface area contributed by atoms with Crippen molar-refractivity contribution in [2.24, 2.45) is 0 Å². The van der Waals surface area contributed by atoms with Gasteiger partial charge in [-0.15, -0.1) is 0 Å². The summed E-state index contributed by atoms with van der Waals surface area (Å²) in [6.45, 7) is 1.78. The molecule has 0 fully saturated rings. The van der Waals surface area contributed by atoms with Crippen LogP contribution in [0.15, 0.2) is 35.0 Å². The summed E-state index contributed by atoms with van der Waals surface area (Å²) in [5.74, 6) is -0.334. The second kappa shape index (κ2) is 5.78.